The fraction of sp³-hybridized carbons (Fsp3) is 0.417. The Morgan fingerprint density at radius 1 is 1.38 bits per heavy atom. The van der Waals surface area contributed by atoms with Crippen LogP contribution in [0.2, 0.25) is 0 Å². The van der Waals surface area contributed by atoms with Gasteiger partial charge in [-0.25, -0.2) is 9.37 Å². The van der Waals surface area contributed by atoms with Crippen LogP contribution in [0.5, 0.6) is 0 Å². The maximum atomic E-state index is 13.0. The zero-order chi connectivity index (χ0) is 11.8. The average molecular weight is 221 g/mol. The molecule has 2 aromatic rings. The second-order valence-corrected chi connectivity index (χ2v) is 5.16. The number of rotatable bonds is 2. The normalized spacial score (nSPS) is 12.0. The molecule has 0 bridgehead atoms. The number of aromatic amines is 1. The number of imidazole rings is 1. The predicted octanol–water partition coefficient (Wildman–Crippen LogP) is 3.16. The fourth-order valence-electron chi connectivity index (χ4n) is 1.41. The van der Waals surface area contributed by atoms with Gasteiger partial charge in [0.25, 0.3) is 0 Å². The molecule has 1 aromatic carbocycles. The molecule has 1 aromatic heterocycles. The van der Waals surface area contributed by atoms with Crippen LogP contribution in [-0.4, -0.2) is 16.5 Å². The second-order valence-electron chi connectivity index (χ2n) is 5.16. The van der Waals surface area contributed by atoms with Crippen LogP contribution in [0.1, 0.15) is 20.8 Å². The van der Waals surface area contributed by atoms with E-state index in [0.717, 1.165) is 17.6 Å². The summed E-state index contributed by atoms with van der Waals surface area (Å²) in [5, 5.41) is 3.20. The molecular formula is C12H16FN3. The van der Waals surface area contributed by atoms with Crippen LogP contribution in [0.4, 0.5) is 10.3 Å². The number of benzene rings is 1. The average Bonchev–Trinajstić information content (AvgIpc) is 2.55. The van der Waals surface area contributed by atoms with Crippen molar-refractivity contribution in [2.24, 2.45) is 5.41 Å². The number of H-pyrrole nitrogens is 1. The first-order chi connectivity index (χ1) is 7.44. The lowest BCUT2D eigenvalue weighted by Gasteiger charge is -2.17. The van der Waals surface area contributed by atoms with Crippen molar-refractivity contribution in [3.8, 4) is 0 Å². The number of anilines is 1. The topological polar surface area (TPSA) is 40.7 Å². The van der Waals surface area contributed by atoms with Crippen molar-refractivity contribution < 1.29 is 4.39 Å². The molecule has 0 aliphatic rings. The molecule has 0 unspecified atom stereocenters. The highest BCUT2D eigenvalue weighted by molar-refractivity contribution is 5.77. The molecular weight excluding hydrogens is 205 g/mol. The minimum atomic E-state index is -0.251. The summed E-state index contributed by atoms with van der Waals surface area (Å²) in [4.78, 5) is 7.37. The molecule has 0 saturated carbocycles. The van der Waals surface area contributed by atoms with Gasteiger partial charge in [-0.05, 0) is 23.6 Å². The van der Waals surface area contributed by atoms with Crippen LogP contribution in [0.15, 0.2) is 18.2 Å². The minimum Gasteiger partial charge on any atom is -0.355 e. The lowest BCUT2D eigenvalue weighted by atomic mass is 9.97. The van der Waals surface area contributed by atoms with E-state index >= 15 is 0 Å². The number of aromatic nitrogens is 2. The SMILES string of the molecule is CC(C)(C)CNc1nc2ccc(F)cc2[nH]1. The van der Waals surface area contributed by atoms with E-state index in [4.69, 9.17) is 0 Å². The third kappa shape index (κ3) is 2.51. The molecule has 86 valence electrons. The molecule has 0 amide bonds. The lowest BCUT2D eigenvalue weighted by molar-refractivity contribution is 0.442. The molecule has 0 atom stereocenters. The Labute approximate surface area is 94.1 Å². The summed E-state index contributed by atoms with van der Waals surface area (Å²) in [5.74, 6) is 0.439. The zero-order valence-corrected chi connectivity index (χ0v) is 9.76. The third-order valence-corrected chi connectivity index (χ3v) is 2.23. The summed E-state index contributed by atoms with van der Waals surface area (Å²) in [5.41, 5.74) is 1.68. The maximum Gasteiger partial charge on any atom is 0.201 e. The summed E-state index contributed by atoms with van der Waals surface area (Å²) in [6, 6.07) is 4.53. The van der Waals surface area contributed by atoms with Gasteiger partial charge in [-0.3, -0.25) is 0 Å². The molecule has 0 aliphatic carbocycles. The first-order valence-electron chi connectivity index (χ1n) is 5.33. The van der Waals surface area contributed by atoms with E-state index in [9.17, 15) is 4.39 Å². The molecule has 0 saturated heterocycles. The summed E-state index contributed by atoms with van der Waals surface area (Å²) in [7, 11) is 0. The van der Waals surface area contributed by atoms with Gasteiger partial charge in [0.05, 0.1) is 11.0 Å². The van der Waals surface area contributed by atoms with E-state index in [0.29, 0.717) is 5.95 Å². The summed E-state index contributed by atoms with van der Waals surface area (Å²) in [6.45, 7) is 7.24. The standard InChI is InChI=1S/C12H16FN3/c1-12(2,3)7-14-11-15-9-5-4-8(13)6-10(9)16-11/h4-6H,7H2,1-3H3,(H2,14,15,16). The van der Waals surface area contributed by atoms with Crippen LogP contribution < -0.4 is 5.32 Å². The van der Waals surface area contributed by atoms with E-state index < -0.39 is 0 Å². The van der Waals surface area contributed by atoms with Crippen molar-refractivity contribution in [3.05, 3.63) is 24.0 Å². The zero-order valence-electron chi connectivity index (χ0n) is 9.76. The quantitative estimate of drug-likeness (QED) is 0.817. The number of halogens is 1. The highest BCUT2D eigenvalue weighted by Crippen LogP contribution is 2.17. The monoisotopic (exact) mass is 221 g/mol. The van der Waals surface area contributed by atoms with E-state index in [-0.39, 0.29) is 11.2 Å². The predicted molar refractivity (Wildman–Crippen MR) is 64.0 cm³/mol. The molecule has 16 heavy (non-hydrogen) atoms. The molecule has 0 aliphatic heterocycles. The molecule has 0 spiro atoms. The van der Waals surface area contributed by atoms with Gasteiger partial charge in [0.1, 0.15) is 5.82 Å². The first-order valence-corrected chi connectivity index (χ1v) is 5.33. The van der Waals surface area contributed by atoms with Gasteiger partial charge in [0, 0.05) is 6.54 Å². The summed E-state index contributed by atoms with van der Waals surface area (Å²) < 4.78 is 13.0. The third-order valence-electron chi connectivity index (χ3n) is 2.23. The van der Waals surface area contributed by atoms with Gasteiger partial charge in [-0.1, -0.05) is 20.8 Å². The van der Waals surface area contributed by atoms with Gasteiger partial charge in [0.2, 0.25) is 5.95 Å². The van der Waals surface area contributed by atoms with Crippen molar-refractivity contribution in [1.82, 2.24) is 9.97 Å². The molecule has 2 N–H and O–H groups in total. The van der Waals surface area contributed by atoms with Gasteiger partial charge in [-0.15, -0.1) is 0 Å². The number of hydrogen-bond donors (Lipinski definition) is 2. The Kier molecular flexibility index (Phi) is 2.58. The number of nitrogens with one attached hydrogen (secondary N) is 2. The Morgan fingerprint density at radius 3 is 2.81 bits per heavy atom. The number of fused-ring (bicyclic) bond motifs is 1. The van der Waals surface area contributed by atoms with Crippen LogP contribution in [0.3, 0.4) is 0 Å². The fourth-order valence-corrected chi connectivity index (χ4v) is 1.41. The Hall–Kier alpha value is -1.58. The Morgan fingerprint density at radius 2 is 2.12 bits per heavy atom. The highest BCUT2D eigenvalue weighted by atomic mass is 19.1. The molecule has 2 rings (SSSR count). The minimum absolute atomic E-state index is 0.185. The largest absolute Gasteiger partial charge is 0.355 e. The van der Waals surface area contributed by atoms with Gasteiger partial charge >= 0.3 is 0 Å². The Bertz CT molecular complexity index is 496. The smallest absolute Gasteiger partial charge is 0.201 e. The highest BCUT2D eigenvalue weighted by Gasteiger charge is 2.11. The molecule has 0 fully saturated rings. The summed E-state index contributed by atoms with van der Waals surface area (Å²) >= 11 is 0. The second kappa shape index (κ2) is 3.77. The van der Waals surface area contributed by atoms with Crippen LogP contribution >= 0.6 is 0 Å². The van der Waals surface area contributed by atoms with E-state index in [1.54, 1.807) is 6.07 Å². The molecule has 3 nitrogen and oxygen atoms in total. The van der Waals surface area contributed by atoms with E-state index in [2.05, 4.69) is 36.1 Å². The van der Waals surface area contributed by atoms with E-state index in [1.807, 2.05) is 0 Å². The van der Waals surface area contributed by atoms with Crippen molar-refractivity contribution in [3.63, 3.8) is 0 Å². The summed E-state index contributed by atoms with van der Waals surface area (Å²) in [6.07, 6.45) is 0. The van der Waals surface area contributed by atoms with Crippen molar-refractivity contribution >= 4 is 17.0 Å². The maximum absolute atomic E-state index is 13.0. The van der Waals surface area contributed by atoms with Crippen molar-refractivity contribution in [2.45, 2.75) is 20.8 Å². The lowest BCUT2D eigenvalue weighted by Crippen LogP contribution is -2.19. The van der Waals surface area contributed by atoms with Crippen molar-refractivity contribution in [1.29, 1.82) is 0 Å². The Balaban J connectivity index is 2.20. The molecule has 1 heterocycles. The molecule has 4 heteroatoms. The number of nitrogens with zero attached hydrogens (tertiary/aromatic N) is 1. The van der Waals surface area contributed by atoms with Gasteiger partial charge in [-0.2, -0.15) is 0 Å². The van der Waals surface area contributed by atoms with Crippen LogP contribution in [-0.2, 0) is 0 Å². The number of hydrogen-bond acceptors (Lipinski definition) is 2. The van der Waals surface area contributed by atoms with Crippen LogP contribution in [0, 0.1) is 11.2 Å². The van der Waals surface area contributed by atoms with Crippen molar-refractivity contribution in [2.75, 3.05) is 11.9 Å². The van der Waals surface area contributed by atoms with E-state index in [1.165, 1.54) is 12.1 Å². The van der Waals surface area contributed by atoms with Gasteiger partial charge < -0.3 is 10.3 Å². The first kappa shape index (κ1) is 10.9. The van der Waals surface area contributed by atoms with Gasteiger partial charge in [0.15, 0.2) is 0 Å². The van der Waals surface area contributed by atoms with Crippen LogP contribution in [0.25, 0.3) is 11.0 Å². The molecule has 0 radical (unpaired) electrons.